The molecule has 2 aromatic rings. The third kappa shape index (κ3) is 3.32. The maximum Gasteiger partial charge on any atom is 0.255 e. The predicted molar refractivity (Wildman–Crippen MR) is 79.7 cm³/mol. The molecule has 0 unspecified atom stereocenters. The quantitative estimate of drug-likeness (QED) is 0.872. The summed E-state index contributed by atoms with van der Waals surface area (Å²) in [6.07, 6.45) is 10.2. The van der Waals surface area contributed by atoms with Crippen molar-refractivity contribution in [1.29, 1.82) is 0 Å². The molecule has 1 saturated heterocycles. The van der Waals surface area contributed by atoms with E-state index >= 15 is 0 Å². The number of amides is 1. The molecule has 1 aliphatic heterocycles. The van der Waals surface area contributed by atoms with Crippen LogP contribution in [0.2, 0.25) is 0 Å². The molecule has 6 heteroatoms. The van der Waals surface area contributed by atoms with Gasteiger partial charge in [0.25, 0.3) is 5.91 Å². The van der Waals surface area contributed by atoms with Crippen LogP contribution >= 0.6 is 0 Å². The second-order valence-corrected chi connectivity index (χ2v) is 5.60. The lowest BCUT2D eigenvalue weighted by molar-refractivity contribution is 0.0593. The number of aryl methyl sites for hydroxylation is 1. The Balaban J connectivity index is 1.70. The Bertz CT molecular complexity index is 629. The van der Waals surface area contributed by atoms with Crippen molar-refractivity contribution < 1.29 is 9.18 Å². The first kappa shape index (κ1) is 14.7. The molecule has 0 radical (unpaired) electrons. The van der Waals surface area contributed by atoms with E-state index in [2.05, 4.69) is 10.1 Å². The monoisotopic (exact) mass is 302 g/mol. The molecule has 0 saturated carbocycles. The van der Waals surface area contributed by atoms with Crippen LogP contribution in [0.25, 0.3) is 0 Å². The summed E-state index contributed by atoms with van der Waals surface area (Å²) in [5.41, 5.74) is 0.325. The van der Waals surface area contributed by atoms with Gasteiger partial charge in [-0.1, -0.05) is 0 Å². The van der Waals surface area contributed by atoms with Crippen LogP contribution in [-0.4, -0.2) is 38.2 Å². The van der Waals surface area contributed by atoms with Crippen LogP contribution in [0, 0.1) is 5.82 Å². The number of rotatable bonds is 4. The van der Waals surface area contributed by atoms with Gasteiger partial charge in [0.05, 0.1) is 11.8 Å². The van der Waals surface area contributed by atoms with Gasteiger partial charge in [-0.2, -0.15) is 5.10 Å². The Morgan fingerprint density at radius 1 is 1.36 bits per heavy atom. The molecule has 1 amide bonds. The molecule has 0 bridgehead atoms. The van der Waals surface area contributed by atoms with Crippen LogP contribution in [0.15, 0.2) is 36.9 Å². The first-order valence-electron chi connectivity index (χ1n) is 7.63. The number of carbonyl (C=O) groups excluding carboxylic acids is 1. The van der Waals surface area contributed by atoms with Crippen LogP contribution in [-0.2, 0) is 6.54 Å². The van der Waals surface area contributed by atoms with Gasteiger partial charge in [0, 0.05) is 37.7 Å². The van der Waals surface area contributed by atoms with Gasteiger partial charge in [0.1, 0.15) is 5.82 Å². The summed E-state index contributed by atoms with van der Waals surface area (Å²) in [4.78, 5) is 18.3. The lowest BCUT2D eigenvalue weighted by Crippen LogP contribution is -2.44. The van der Waals surface area contributed by atoms with Gasteiger partial charge >= 0.3 is 0 Å². The zero-order valence-corrected chi connectivity index (χ0v) is 12.4. The molecule has 3 rings (SSSR count). The van der Waals surface area contributed by atoms with Crippen LogP contribution < -0.4 is 0 Å². The van der Waals surface area contributed by atoms with E-state index in [9.17, 15) is 9.18 Å². The van der Waals surface area contributed by atoms with Gasteiger partial charge in [-0.3, -0.25) is 14.5 Å². The minimum absolute atomic E-state index is 0.128. The number of hydrogen-bond acceptors (Lipinski definition) is 3. The highest BCUT2D eigenvalue weighted by molar-refractivity contribution is 5.94. The average molecular weight is 302 g/mol. The minimum Gasteiger partial charge on any atom is -0.336 e. The summed E-state index contributed by atoms with van der Waals surface area (Å²) in [5.74, 6) is -0.604. The molecular formula is C16H19FN4O. The fraction of sp³-hybridized carbons (Fsp3) is 0.438. The molecule has 0 spiro atoms. The molecule has 1 aliphatic rings. The Hall–Kier alpha value is -2.24. The van der Waals surface area contributed by atoms with Crippen molar-refractivity contribution in [2.75, 3.05) is 6.54 Å². The molecule has 116 valence electrons. The molecule has 0 aliphatic carbocycles. The Labute approximate surface area is 128 Å². The minimum atomic E-state index is -0.476. The topological polar surface area (TPSA) is 51.0 Å². The molecular weight excluding hydrogens is 283 g/mol. The maximum atomic E-state index is 13.3. The lowest BCUT2D eigenvalue weighted by atomic mass is 9.98. The van der Waals surface area contributed by atoms with Gasteiger partial charge in [0.15, 0.2) is 0 Å². The molecule has 3 heterocycles. The summed E-state index contributed by atoms with van der Waals surface area (Å²) in [6, 6.07) is 3.32. The lowest BCUT2D eigenvalue weighted by Gasteiger charge is -2.36. The molecule has 22 heavy (non-hydrogen) atoms. The number of pyridine rings is 1. The van der Waals surface area contributed by atoms with E-state index < -0.39 is 5.82 Å². The number of halogens is 1. The van der Waals surface area contributed by atoms with E-state index in [-0.39, 0.29) is 11.9 Å². The highest BCUT2D eigenvalue weighted by Gasteiger charge is 2.27. The van der Waals surface area contributed by atoms with E-state index in [0.717, 1.165) is 45.0 Å². The van der Waals surface area contributed by atoms with Crippen molar-refractivity contribution in [1.82, 2.24) is 19.7 Å². The number of nitrogens with zero attached hydrogens (tertiary/aromatic N) is 4. The fourth-order valence-electron chi connectivity index (χ4n) is 2.98. The first-order valence-corrected chi connectivity index (χ1v) is 7.63. The van der Waals surface area contributed by atoms with E-state index in [0.29, 0.717) is 5.56 Å². The van der Waals surface area contributed by atoms with Gasteiger partial charge in [-0.25, -0.2) is 4.39 Å². The van der Waals surface area contributed by atoms with Crippen molar-refractivity contribution in [2.45, 2.75) is 38.3 Å². The van der Waals surface area contributed by atoms with E-state index in [4.69, 9.17) is 0 Å². The zero-order chi connectivity index (χ0) is 15.4. The molecule has 1 fully saturated rings. The SMILES string of the molecule is O=C(c1cncc(F)c1)N1CCCC[C@@H]1CCn1cccn1. The second-order valence-electron chi connectivity index (χ2n) is 5.60. The average Bonchev–Trinajstić information content (AvgIpc) is 3.06. The summed E-state index contributed by atoms with van der Waals surface area (Å²) in [7, 11) is 0. The third-order valence-electron chi connectivity index (χ3n) is 4.09. The highest BCUT2D eigenvalue weighted by Crippen LogP contribution is 2.22. The van der Waals surface area contributed by atoms with Crippen molar-refractivity contribution in [3.05, 3.63) is 48.3 Å². The molecule has 0 aromatic carbocycles. The molecule has 1 atom stereocenters. The van der Waals surface area contributed by atoms with Gasteiger partial charge < -0.3 is 4.90 Å². The van der Waals surface area contributed by atoms with Gasteiger partial charge in [0.2, 0.25) is 0 Å². The van der Waals surface area contributed by atoms with Crippen molar-refractivity contribution in [3.8, 4) is 0 Å². The molecule has 5 nitrogen and oxygen atoms in total. The van der Waals surface area contributed by atoms with Crippen LogP contribution in [0.4, 0.5) is 4.39 Å². The Kier molecular flexibility index (Phi) is 4.46. The number of piperidine rings is 1. The van der Waals surface area contributed by atoms with E-state index in [1.807, 2.05) is 21.8 Å². The Morgan fingerprint density at radius 2 is 2.27 bits per heavy atom. The van der Waals surface area contributed by atoms with Crippen LogP contribution in [0.3, 0.4) is 0 Å². The number of hydrogen-bond donors (Lipinski definition) is 0. The summed E-state index contributed by atoms with van der Waals surface area (Å²) < 4.78 is 15.2. The summed E-state index contributed by atoms with van der Waals surface area (Å²) >= 11 is 0. The first-order chi connectivity index (χ1) is 10.7. The molecule has 2 aromatic heterocycles. The largest absolute Gasteiger partial charge is 0.336 e. The summed E-state index contributed by atoms with van der Waals surface area (Å²) in [5, 5.41) is 4.19. The smallest absolute Gasteiger partial charge is 0.255 e. The van der Waals surface area contributed by atoms with Gasteiger partial charge in [-0.15, -0.1) is 0 Å². The number of carbonyl (C=O) groups is 1. The van der Waals surface area contributed by atoms with E-state index in [1.165, 1.54) is 12.3 Å². The third-order valence-corrected chi connectivity index (χ3v) is 4.09. The van der Waals surface area contributed by atoms with Crippen molar-refractivity contribution >= 4 is 5.91 Å². The van der Waals surface area contributed by atoms with Gasteiger partial charge in [-0.05, 0) is 37.8 Å². The summed E-state index contributed by atoms with van der Waals surface area (Å²) in [6.45, 7) is 1.50. The number of aromatic nitrogens is 3. The van der Waals surface area contributed by atoms with Crippen molar-refractivity contribution in [2.24, 2.45) is 0 Å². The predicted octanol–water partition coefficient (Wildman–Crippen LogP) is 2.50. The van der Waals surface area contributed by atoms with E-state index in [1.54, 1.807) is 6.20 Å². The maximum absolute atomic E-state index is 13.3. The second kappa shape index (κ2) is 6.68. The number of likely N-dealkylation sites (tertiary alicyclic amines) is 1. The van der Waals surface area contributed by atoms with Crippen molar-refractivity contribution in [3.63, 3.8) is 0 Å². The normalized spacial score (nSPS) is 18.4. The zero-order valence-electron chi connectivity index (χ0n) is 12.4. The Morgan fingerprint density at radius 3 is 3.05 bits per heavy atom. The van der Waals surface area contributed by atoms with Crippen LogP contribution in [0.5, 0.6) is 0 Å². The molecule has 0 N–H and O–H groups in total. The fourth-order valence-corrected chi connectivity index (χ4v) is 2.98. The highest BCUT2D eigenvalue weighted by atomic mass is 19.1. The standard InChI is InChI=1S/C16H19FN4O/c17-14-10-13(11-18-12-14)16(22)21-8-2-1-4-15(21)5-9-20-7-3-6-19-20/h3,6-7,10-12,15H,1-2,4-5,8-9H2/t15-/m1/s1. The van der Waals surface area contributed by atoms with Crippen LogP contribution in [0.1, 0.15) is 36.0 Å².